The van der Waals surface area contributed by atoms with Gasteiger partial charge in [0.25, 0.3) is 5.91 Å². The third kappa shape index (κ3) is 5.88. The number of ether oxygens (including phenoxy) is 2. The maximum atomic E-state index is 14.7. The molecule has 0 unspecified atom stereocenters. The van der Waals surface area contributed by atoms with Gasteiger partial charge in [0.2, 0.25) is 11.8 Å². The van der Waals surface area contributed by atoms with Crippen LogP contribution < -0.4 is 20.1 Å². The number of methoxy groups -OCH3 is 1. The molecule has 9 heteroatoms. The van der Waals surface area contributed by atoms with Crippen LogP contribution in [0.25, 0.3) is 11.3 Å². The quantitative estimate of drug-likeness (QED) is 0.245. The summed E-state index contributed by atoms with van der Waals surface area (Å²) in [4.78, 5) is 25.8. The highest BCUT2D eigenvalue weighted by Gasteiger charge is 2.20. The molecule has 4 aromatic rings. The first-order valence-electron chi connectivity index (χ1n) is 13.4. The normalized spacial score (nSPS) is 13.5. The third-order valence-electron chi connectivity index (χ3n) is 7.20. The Hall–Kier alpha value is -4.53. The Balaban J connectivity index is 1.41. The van der Waals surface area contributed by atoms with E-state index in [9.17, 15) is 9.18 Å². The molecule has 1 amide bonds. The van der Waals surface area contributed by atoms with Gasteiger partial charge in [0, 0.05) is 18.8 Å². The molecule has 2 aromatic heterocycles. The van der Waals surface area contributed by atoms with Crippen LogP contribution in [-0.4, -0.2) is 35.0 Å². The molecule has 2 N–H and O–H groups in total. The SMILES string of the molecule is CNc1ncc(F)c(-c2cccnc2Oc2cc(C(=O)Nc3cc(C4CCCCC4)ccc3OC)ccc2C)n1. The van der Waals surface area contributed by atoms with Gasteiger partial charge in [-0.2, -0.15) is 0 Å². The molecule has 0 atom stereocenters. The number of nitrogens with zero attached hydrogens (tertiary/aromatic N) is 3. The molecule has 2 heterocycles. The minimum atomic E-state index is -0.605. The molecule has 40 heavy (non-hydrogen) atoms. The van der Waals surface area contributed by atoms with Gasteiger partial charge < -0.3 is 20.1 Å². The zero-order valence-corrected chi connectivity index (χ0v) is 22.8. The average Bonchev–Trinajstić information content (AvgIpc) is 2.99. The Morgan fingerprint density at radius 3 is 2.62 bits per heavy atom. The van der Waals surface area contributed by atoms with Gasteiger partial charge in [-0.25, -0.2) is 19.3 Å². The molecule has 2 aromatic carbocycles. The molecule has 5 rings (SSSR count). The first-order valence-corrected chi connectivity index (χ1v) is 13.4. The summed E-state index contributed by atoms with van der Waals surface area (Å²) in [6, 6.07) is 14.6. The number of rotatable bonds is 8. The summed E-state index contributed by atoms with van der Waals surface area (Å²) in [7, 11) is 3.24. The molecule has 1 aliphatic rings. The van der Waals surface area contributed by atoms with Crippen molar-refractivity contribution in [1.82, 2.24) is 15.0 Å². The maximum absolute atomic E-state index is 14.7. The molecule has 206 valence electrons. The van der Waals surface area contributed by atoms with Crippen molar-refractivity contribution in [2.45, 2.75) is 44.9 Å². The van der Waals surface area contributed by atoms with Crippen LogP contribution >= 0.6 is 0 Å². The van der Waals surface area contributed by atoms with Gasteiger partial charge in [0.15, 0.2) is 5.82 Å². The van der Waals surface area contributed by atoms with Crippen LogP contribution in [0.4, 0.5) is 16.0 Å². The molecular weight excluding hydrogens is 509 g/mol. The predicted octanol–water partition coefficient (Wildman–Crippen LogP) is 7.13. The molecule has 1 aliphatic carbocycles. The van der Waals surface area contributed by atoms with E-state index in [0.29, 0.717) is 34.2 Å². The van der Waals surface area contributed by atoms with Gasteiger partial charge >= 0.3 is 0 Å². The van der Waals surface area contributed by atoms with Gasteiger partial charge in [-0.3, -0.25) is 4.79 Å². The van der Waals surface area contributed by atoms with Crippen molar-refractivity contribution in [3.63, 3.8) is 0 Å². The minimum absolute atomic E-state index is 0.0546. The average molecular weight is 542 g/mol. The number of amides is 1. The monoisotopic (exact) mass is 541 g/mol. The zero-order valence-electron chi connectivity index (χ0n) is 22.8. The maximum Gasteiger partial charge on any atom is 0.255 e. The van der Waals surface area contributed by atoms with Crippen LogP contribution in [0.15, 0.2) is 60.9 Å². The van der Waals surface area contributed by atoms with Crippen molar-refractivity contribution < 1.29 is 18.7 Å². The molecule has 0 aliphatic heterocycles. The molecule has 1 fully saturated rings. The zero-order chi connectivity index (χ0) is 28.1. The lowest BCUT2D eigenvalue weighted by Crippen LogP contribution is -2.14. The minimum Gasteiger partial charge on any atom is -0.495 e. The summed E-state index contributed by atoms with van der Waals surface area (Å²) in [5.41, 5.74) is 3.43. The van der Waals surface area contributed by atoms with E-state index < -0.39 is 5.82 Å². The highest BCUT2D eigenvalue weighted by molar-refractivity contribution is 6.05. The number of anilines is 2. The number of carbonyl (C=O) groups excluding carboxylic acids is 1. The van der Waals surface area contributed by atoms with Crippen molar-refractivity contribution in [1.29, 1.82) is 0 Å². The van der Waals surface area contributed by atoms with Gasteiger partial charge in [-0.05, 0) is 73.2 Å². The van der Waals surface area contributed by atoms with Crippen molar-refractivity contribution in [2.24, 2.45) is 0 Å². The lowest BCUT2D eigenvalue weighted by molar-refractivity contribution is 0.102. The molecular formula is C31H32FN5O3. The van der Waals surface area contributed by atoms with E-state index in [1.807, 2.05) is 19.1 Å². The number of aryl methyl sites for hydroxylation is 1. The predicted molar refractivity (Wildman–Crippen MR) is 153 cm³/mol. The van der Waals surface area contributed by atoms with E-state index >= 15 is 0 Å². The molecule has 0 spiro atoms. The summed E-state index contributed by atoms with van der Waals surface area (Å²) >= 11 is 0. The number of aromatic nitrogens is 3. The second-order valence-electron chi connectivity index (χ2n) is 9.83. The number of hydrogen-bond acceptors (Lipinski definition) is 7. The fourth-order valence-corrected chi connectivity index (χ4v) is 4.99. The highest BCUT2D eigenvalue weighted by atomic mass is 19.1. The van der Waals surface area contributed by atoms with Gasteiger partial charge in [0.05, 0.1) is 24.6 Å². The lowest BCUT2D eigenvalue weighted by atomic mass is 9.84. The van der Waals surface area contributed by atoms with Crippen LogP contribution in [0.5, 0.6) is 17.4 Å². The van der Waals surface area contributed by atoms with Gasteiger partial charge in [-0.1, -0.05) is 31.4 Å². The van der Waals surface area contributed by atoms with Crippen LogP contribution in [0.1, 0.15) is 59.5 Å². The third-order valence-corrected chi connectivity index (χ3v) is 7.20. The van der Waals surface area contributed by atoms with E-state index in [0.717, 1.165) is 24.6 Å². The Labute approximate surface area is 233 Å². The van der Waals surface area contributed by atoms with E-state index in [4.69, 9.17) is 9.47 Å². The standard InChI is InChI=1S/C31H32FN5O3/c1-19-11-12-22(29(38)36-25-16-21(13-14-26(25)39-3)20-8-5-4-6-9-20)17-27(19)40-30-23(10-7-15-34-30)28-24(32)18-35-31(33-2)37-28/h7,10-18,20H,4-6,8-9H2,1-3H3,(H,36,38)(H,33,35,37). The van der Waals surface area contributed by atoms with E-state index in [-0.39, 0.29) is 23.4 Å². The van der Waals surface area contributed by atoms with Crippen LogP contribution in [0, 0.1) is 12.7 Å². The topological polar surface area (TPSA) is 98.3 Å². The Bertz CT molecular complexity index is 1520. The lowest BCUT2D eigenvalue weighted by Gasteiger charge is -2.23. The molecule has 0 saturated heterocycles. The first-order chi connectivity index (χ1) is 19.5. The summed E-state index contributed by atoms with van der Waals surface area (Å²) in [5, 5.41) is 5.83. The van der Waals surface area contributed by atoms with Crippen molar-refractivity contribution >= 4 is 17.5 Å². The van der Waals surface area contributed by atoms with Crippen LogP contribution in [0.3, 0.4) is 0 Å². The van der Waals surface area contributed by atoms with Crippen LogP contribution in [-0.2, 0) is 0 Å². The largest absolute Gasteiger partial charge is 0.495 e. The van der Waals surface area contributed by atoms with E-state index in [1.54, 1.807) is 50.7 Å². The van der Waals surface area contributed by atoms with E-state index in [2.05, 4.69) is 31.7 Å². The van der Waals surface area contributed by atoms with Crippen molar-refractivity contribution in [3.8, 4) is 28.6 Å². The molecule has 8 nitrogen and oxygen atoms in total. The summed E-state index contributed by atoms with van der Waals surface area (Å²) in [6.45, 7) is 1.86. The number of carbonyl (C=O) groups is 1. The van der Waals surface area contributed by atoms with Gasteiger partial charge in [0.1, 0.15) is 17.2 Å². The smallest absolute Gasteiger partial charge is 0.255 e. The Morgan fingerprint density at radius 1 is 1.02 bits per heavy atom. The number of halogens is 1. The Kier molecular flexibility index (Phi) is 8.19. The van der Waals surface area contributed by atoms with Gasteiger partial charge in [-0.15, -0.1) is 0 Å². The Morgan fingerprint density at radius 2 is 1.85 bits per heavy atom. The molecule has 0 bridgehead atoms. The van der Waals surface area contributed by atoms with Crippen molar-refractivity contribution in [2.75, 3.05) is 24.8 Å². The van der Waals surface area contributed by atoms with Crippen LogP contribution in [0.2, 0.25) is 0 Å². The fourth-order valence-electron chi connectivity index (χ4n) is 4.99. The number of benzene rings is 2. The first kappa shape index (κ1) is 27.1. The summed E-state index contributed by atoms with van der Waals surface area (Å²) in [6.07, 6.45) is 8.68. The fraction of sp³-hybridized carbons (Fsp3) is 0.290. The number of pyridine rings is 1. The van der Waals surface area contributed by atoms with Crippen molar-refractivity contribution in [3.05, 3.63) is 83.4 Å². The number of hydrogen-bond donors (Lipinski definition) is 2. The molecule has 0 radical (unpaired) electrons. The molecule has 1 saturated carbocycles. The highest BCUT2D eigenvalue weighted by Crippen LogP contribution is 2.37. The van der Waals surface area contributed by atoms with E-state index in [1.165, 1.54) is 24.8 Å². The second-order valence-corrected chi connectivity index (χ2v) is 9.83. The number of nitrogens with one attached hydrogen (secondary N) is 2. The summed E-state index contributed by atoms with van der Waals surface area (Å²) in [5.74, 6) is 1.03. The second kappa shape index (κ2) is 12.1. The summed E-state index contributed by atoms with van der Waals surface area (Å²) < 4.78 is 26.4.